The molecule has 88 valence electrons. The summed E-state index contributed by atoms with van der Waals surface area (Å²) in [6, 6.07) is 3.47. The normalized spacial score (nSPS) is 9.75. The number of nitrogens with one attached hydrogen (secondary N) is 1. The molecule has 0 spiro atoms. The van der Waals surface area contributed by atoms with E-state index in [2.05, 4.69) is 15.9 Å². The standard InChI is InChI=1S/C10H12BrNO4/c1-15-8-5-7(11)3-6(10(8)16-2)4-9(13)12-14/h3,5,14H,4H2,1-2H3,(H,12,13). The van der Waals surface area contributed by atoms with Gasteiger partial charge in [-0.2, -0.15) is 0 Å². The molecule has 0 atom stereocenters. The number of methoxy groups -OCH3 is 2. The van der Waals surface area contributed by atoms with E-state index in [9.17, 15) is 4.79 Å². The zero-order valence-electron chi connectivity index (χ0n) is 8.91. The van der Waals surface area contributed by atoms with Gasteiger partial charge in [0.1, 0.15) is 0 Å². The molecule has 0 aromatic heterocycles. The molecule has 0 radical (unpaired) electrons. The smallest absolute Gasteiger partial charge is 0.247 e. The molecule has 0 aliphatic carbocycles. The minimum atomic E-state index is -0.515. The van der Waals surface area contributed by atoms with Crippen molar-refractivity contribution in [3.8, 4) is 11.5 Å². The van der Waals surface area contributed by atoms with Crippen LogP contribution in [0.25, 0.3) is 0 Å². The molecule has 0 aliphatic heterocycles. The molecule has 16 heavy (non-hydrogen) atoms. The molecule has 1 amide bonds. The van der Waals surface area contributed by atoms with E-state index in [1.54, 1.807) is 17.6 Å². The van der Waals surface area contributed by atoms with E-state index in [1.165, 1.54) is 14.2 Å². The average molecular weight is 290 g/mol. The van der Waals surface area contributed by atoms with Crippen LogP contribution in [0.4, 0.5) is 0 Å². The van der Waals surface area contributed by atoms with Crippen molar-refractivity contribution in [2.75, 3.05) is 14.2 Å². The van der Waals surface area contributed by atoms with Gasteiger partial charge < -0.3 is 9.47 Å². The summed E-state index contributed by atoms with van der Waals surface area (Å²) < 4.78 is 11.1. The Morgan fingerprint density at radius 1 is 1.44 bits per heavy atom. The Hall–Kier alpha value is -1.27. The van der Waals surface area contributed by atoms with Gasteiger partial charge in [0.25, 0.3) is 0 Å². The molecule has 1 aromatic rings. The summed E-state index contributed by atoms with van der Waals surface area (Å²) in [5.41, 5.74) is 2.20. The van der Waals surface area contributed by atoms with Crippen LogP contribution in [0, 0.1) is 0 Å². The number of amides is 1. The number of benzene rings is 1. The third-order valence-electron chi connectivity index (χ3n) is 2.00. The molecule has 2 N–H and O–H groups in total. The van der Waals surface area contributed by atoms with Gasteiger partial charge in [0.15, 0.2) is 11.5 Å². The molecule has 0 unspecified atom stereocenters. The van der Waals surface area contributed by atoms with Crippen LogP contribution < -0.4 is 15.0 Å². The van der Waals surface area contributed by atoms with E-state index in [1.807, 2.05) is 0 Å². The van der Waals surface area contributed by atoms with Gasteiger partial charge in [0, 0.05) is 10.0 Å². The topological polar surface area (TPSA) is 67.8 Å². The summed E-state index contributed by atoms with van der Waals surface area (Å²) in [4.78, 5) is 11.1. The highest BCUT2D eigenvalue weighted by Crippen LogP contribution is 2.34. The Labute approximate surface area is 101 Å². The van der Waals surface area contributed by atoms with Crippen molar-refractivity contribution < 1.29 is 19.5 Å². The molecule has 0 saturated carbocycles. The molecule has 1 rings (SSSR count). The van der Waals surface area contributed by atoms with Gasteiger partial charge in [-0.25, -0.2) is 5.48 Å². The lowest BCUT2D eigenvalue weighted by atomic mass is 10.1. The number of halogens is 1. The Morgan fingerprint density at radius 3 is 2.62 bits per heavy atom. The maximum absolute atomic E-state index is 11.1. The predicted octanol–water partition coefficient (Wildman–Crippen LogP) is 1.51. The van der Waals surface area contributed by atoms with Gasteiger partial charge in [-0.1, -0.05) is 15.9 Å². The Kier molecular flexibility index (Phi) is 4.57. The SMILES string of the molecule is COc1cc(Br)cc(CC(=O)NO)c1OC. The van der Waals surface area contributed by atoms with Crippen LogP contribution in [0.5, 0.6) is 11.5 Å². The highest BCUT2D eigenvalue weighted by atomic mass is 79.9. The fraction of sp³-hybridized carbons (Fsp3) is 0.300. The van der Waals surface area contributed by atoms with Crippen molar-refractivity contribution in [1.82, 2.24) is 5.48 Å². The van der Waals surface area contributed by atoms with Gasteiger partial charge in [-0.15, -0.1) is 0 Å². The summed E-state index contributed by atoms with van der Waals surface area (Å²) in [7, 11) is 3.01. The number of rotatable bonds is 4. The van der Waals surface area contributed by atoms with Crippen molar-refractivity contribution in [2.24, 2.45) is 0 Å². The van der Waals surface area contributed by atoms with E-state index in [4.69, 9.17) is 14.7 Å². The molecule has 0 aliphatic rings. The number of hydrogen-bond acceptors (Lipinski definition) is 4. The summed E-state index contributed by atoms with van der Waals surface area (Å²) in [6.45, 7) is 0. The van der Waals surface area contributed by atoms with Crippen LogP contribution in [-0.2, 0) is 11.2 Å². The van der Waals surface area contributed by atoms with Crippen LogP contribution in [-0.4, -0.2) is 25.3 Å². The van der Waals surface area contributed by atoms with Crippen molar-refractivity contribution in [1.29, 1.82) is 0 Å². The van der Waals surface area contributed by atoms with Crippen LogP contribution in [0.3, 0.4) is 0 Å². The molecule has 5 nitrogen and oxygen atoms in total. The van der Waals surface area contributed by atoms with Crippen LogP contribution >= 0.6 is 15.9 Å². The number of carbonyl (C=O) groups excluding carboxylic acids is 1. The average Bonchev–Trinajstić information content (AvgIpc) is 2.28. The summed E-state index contributed by atoms with van der Waals surface area (Å²) in [5, 5.41) is 8.47. The first-order valence-electron chi connectivity index (χ1n) is 4.45. The molecule has 6 heteroatoms. The largest absolute Gasteiger partial charge is 0.493 e. The Morgan fingerprint density at radius 2 is 2.12 bits per heavy atom. The minimum Gasteiger partial charge on any atom is -0.493 e. The lowest BCUT2D eigenvalue weighted by Gasteiger charge is -2.12. The molecular weight excluding hydrogens is 278 g/mol. The number of hydrogen-bond donors (Lipinski definition) is 2. The van der Waals surface area contributed by atoms with E-state index in [0.29, 0.717) is 17.1 Å². The van der Waals surface area contributed by atoms with Gasteiger partial charge >= 0.3 is 0 Å². The van der Waals surface area contributed by atoms with Gasteiger partial charge in [0.05, 0.1) is 20.6 Å². The fourth-order valence-electron chi connectivity index (χ4n) is 1.35. The second-order valence-electron chi connectivity index (χ2n) is 3.01. The molecule has 0 bridgehead atoms. The second-order valence-corrected chi connectivity index (χ2v) is 3.93. The third-order valence-corrected chi connectivity index (χ3v) is 2.45. The zero-order valence-corrected chi connectivity index (χ0v) is 10.5. The van der Waals surface area contributed by atoms with Gasteiger partial charge in [-0.05, 0) is 12.1 Å². The number of carbonyl (C=O) groups is 1. The molecule has 1 aromatic carbocycles. The zero-order chi connectivity index (χ0) is 12.1. The Balaban J connectivity index is 3.14. The Bertz CT molecular complexity index is 395. The summed E-state index contributed by atoms with van der Waals surface area (Å²) in [5.74, 6) is 0.491. The summed E-state index contributed by atoms with van der Waals surface area (Å²) >= 11 is 3.30. The predicted molar refractivity (Wildman–Crippen MR) is 60.9 cm³/mol. The maximum atomic E-state index is 11.1. The fourth-order valence-corrected chi connectivity index (χ4v) is 1.83. The first-order valence-corrected chi connectivity index (χ1v) is 5.25. The minimum absolute atomic E-state index is 0.00940. The first-order chi connectivity index (χ1) is 7.62. The van der Waals surface area contributed by atoms with Crippen LogP contribution in [0.1, 0.15) is 5.56 Å². The number of ether oxygens (including phenoxy) is 2. The van der Waals surface area contributed by atoms with Crippen LogP contribution in [0.15, 0.2) is 16.6 Å². The van der Waals surface area contributed by atoms with Crippen LogP contribution in [0.2, 0.25) is 0 Å². The molecule has 0 heterocycles. The van der Waals surface area contributed by atoms with E-state index < -0.39 is 5.91 Å². The van der Waals surface area contributed by atoms with Crippen molar-refractivity contribution in [3.05, 3.63) is 22.2 Å². The van der Waals surface area contributed by atoms with E-state index >= 15 is 0 Å². The molecule has 0 saturated heterocycles. The van der Waals surface area contributed by atoms with Gasteiger partial charge in [0.2, 0.25) is 5.91 Å². The molecular formula is C10H12BrNO4. The lowest BCUT2D eigenvalue weighted by molar-refractivity contribution is -0.128. The molecule has 0 fully saturated rings. The van der Waals surface area contributed by atoms with E-state index in [0.717, 1.165) is 4.47 Å². The lowest BCUT2D eigenvalue weighted by Crippen LogP contribution is -2.21. The monoisotopic (exact) mass is 289 g/mol. The van der Waals surface area contributed by atoms with Crippen molar-refractivity contribution in [2.45, 2.75) is 6.42 Å². The van der Waals surface area contributed by atoms with Gasteiger partial charge in [-0.3, -0.25) is 10.0 Å². The van der Waals surface area contributed by atoms with E-state index in [-0.39, 0.29) is 6.42 Å². The van der Waals surface area contributed by atoms with Crippen molar-refractivity contribution in [3.63, 3.8) is 0 Å². The summed E-state index contributed by atoms with van der Waals surface area (Å²) in [6.07, 6.45) is 0.00940. The third kappa shape index (κ3) is 2.86. The second kappa shape index (κ2) is 5.72. The number of hydroxylamine groups is 1. The quantitative estimate of drug-likeness (QED) is 0.651. The highest BCUT2D eigenvalue weighted by molar-refractivity contribution is 9.10. The first kappa shape index (κ1) is 12.8. The highest BCUT2D eigenvalue weighted by Gasteiger charge is 2.14. The van der Waals surface area contributed by atoms with Crippen molar-refractivity contribution >= 4 is 21.8 Å². The maximum Gasteiger partial charge on any atom is 0.247 e.